The third kappa shape index (κ3) is 3.50. The zero-order valence-electron chi connectivity index (χ0n) is 16.0. The van der Waals surface area contributed by atoms with Crippen molar-refractivity contribution in [1.29, 1.82) is 0 Å². The van der Waals surface area contributed by atoms with Gasteiger partial charge in [0.05, 0.1) is 5.39 Å². The van der Waals surface area contributed by atoms with Crippen molar-refractivity contribution in [2.45, 2.75) is 45.8 Å². The van der Waals surface area contributed by atoms with E-state index in [-0.39, 0.29) is 11.5 Å². The second-order valence-corrected chi connectivity index (χ2v) is 7.18. The Kier molecular flexibility index (Phi) is 4.86. The summed E-state index contributed by atoms with van der Waals surface area (Å²) in [5.41, 5.74) is 3.80. The summed E-state index contributed by atoms with van der Waals surface area (Å²) in [4.78, 5) is 28.8. The van der Waals surface area contributed by atoms with Crippen molar-refractivity contribution in [3.63, 3.8) is 0 Å². The monoisotopic (exact) mass is 378 g/mol. The van der Waals surface area contributed by atoms with Gasteiger partial charge in [-0.25, -0.2) is 4.79 Å². The number of hydrogen-bond acceptors (Lipinski definition) is 5. The molecule has 2 aromatic heterocycles. The zero-order valence-corrected chi connectivity index (χ0v) is 16.0. The van der Waals surface area contributed by atoms with E-state index in [1.807, 2.05) is 31.2 Å². The Labute approximate surface area is 162 Å². The summed E-state index contributed by atoms with van der Waals surface area (Å²) >= 11 is 0. The number of fused-ring (bicyclic) bond motifs is 3. The highest BCUT2D eigenvalue weighted by Gasteiger charge is 2.24. The van der Waals surface area contributed by atoms with E-state index in [9.17, 15) is 9.59 Å². The first-order valence-corrected chi connectivity index (χ1v) is 9.45. The Bertz CT molecular complexity index is 1090. The van der Waals surface area contributed by atoms with Crippen LogP contribution in [-0.4, -0.2) is 17.0 Å². The molecule has 0 saturated heterocycles. The molecule has 144 valence electrons. The summed E-state index contributed by atoms with van der Waals surface area (Å²) < 4.78 is 11.6. The number of pyridine rings is 1. The Morgan fingerprint density at radius 3 is 2.93 bits per heavy atom. The zero-order chi connectivity index (χ0) is 19.7. The van der Waals surface area contributed by atoms with Crippen LogP contribution in [0.4, 0.5) is 0 Å². The predicted octanol–water partition coefficient (Wildman–Crippen LogP) is 3.07. The highest BCUT2D eigenvalue weighted by molar-refractivity contribution is 5.89. The molecule has 6 heteroatoms. The largest absolute Gasteiger partial charge is 0.480 e. The van der Waals surface area contributed by atoms with E-state index in [4.69, 9.17) is 9.15 Å². The van der Waals surface area contributed by atoms with Crippen LogP contribution < -0.4 is 15.7 Å². The fourth-order valence-electron chi connectivity index (χ4n) is 3.68. The van der Waals surface area contributed by atoms with Crippen molar-refractivity contribution in [2.24, 2.45) is 0 Å². The van der Waals surface area contributed by atoms with Crippen molar-refractivity contribution < 1.29 is 13.9 Å². The van der Waals surface area contributed by atoms with E-state index >= 15 is 0 Å². The summed E-state index contributed by atoms with van der Waals surface area (Å²) in [6.07, 6.45) is 5.18. The highest BCUT2D eigenvalue weighted by atomic mass is 16.5. The Morgan fingerprint density at radius 2 is 2.14 bits per heavy atom. The minimum absolute atomic E-state index is 0.215. The van der Waals surface area contributed by atoms with Gasteiger partial charge in [-0.05, 0) is 68.0 Å². The molecular formula is C22H22N2O4. The van der Waals surface area contributed by atoms with Crippen LogP contribution in [0.2, 0.25) is 0 Å². The van der Waals surface area contributed by atoms with Gasteiger partial charge in [-0.15, -0.1) is 0 Å². The smallest absolute Gasteiger partial charge is 0.339 e. The van der Waals surface area contributed by atoms with E-state index in [2.05, 4.69) is 10.3 Å². The lowest BCUT2D eigenvalue weighted by Crippen LogP contribution is -2.36. The number of hydrogen-bond donors (Lipinski definition) is 1. The first-order valence-electron chi connectivity index (χ1n) is 9.45. The second kappa shape index (κ2) is 7.46. The average Bonchev–Trinajstić information content (AvgIpc) is 3.16. The number of rotatable bonds is 5. The first kappa shape index (κ1) is 18.2. The molecule has 0 radical (unpaired) electrons. The number of nitrogens with one attached hydrogen (secondary N) is 1. The van der Waals surface area contributed by atoms with E-state index < -0.39 is 6.10 Å². The van der Waals surface area contributed by atoms with Crippen molar-refractivity contribution in [3.8, 4) is 5.75 Å². The maximum Gasteiger partial charge on any atom is 0.339 e. The number of aromatic nitrogens is 1. The van der Waals surface area contributed by atoms with Gasteiger partial charge in [-0.1, -0.05) is 6.07 Å². The van der Waals surface area contributed by atoms with Gasteiger partial charge in [-0.2, -0.15) is 0 Å². The number of carbonyl (C=O) groups excluding carboxylic acids is 1. The van der Waals surface area contributed by atoms with Crippen LogP contribution in [-0.2, 0) is 24.2 Å². The van der Waals surface area contributed by atoms with Crippen LogP contribution in [0.5, 0.6) is 5.75 Å². The van der Waals surface area contributed by atoms with E-state index in [0.717, 1.165) is 46.9 Å². The van der Waals surface area contributed by atoms with Gasteiger partial charge >= 0.3 is 5.63 Å². The van der Waals surface area contributed by atoms with E-state index in [0.29, 0.717) is 17.9 Å². The van der Waals surface area contributed by atoms with Crippen molar-refractivity contribution in [3.05, 3.63) is 69.3 Å². The molecule has 0 aliphatic heterocycles. The molecule has 1 aromatic carbocycles. The van der Waals surface area contributed by atoms with Gasteiger partial charge in [0.25, 0.3) is 5.91 Å². The topological polar surface area (TPSA) is 81.4 Å². The molecule has 1 atom stereocenters. The summed E-state index contributed by atoms with van der Waals surface area (Å²) in [5.74, 6) is 0.369. The Morgan fingerprint density at radius 1 is 1.32 bits per heavy atom. The minimum atomic E-state index is -0.689. The van der Waals surface area contributed by atoms with Gasteiger partial charge in [0, 0.05) is 24.5 Å². The second-order valence-electron chi connectivity index (χ2n) is 7.18. The average molecular weight is 378 g/mol. The lowest BCUT2D eigenvalue weighted by atomic mass is 10.0. The molecule has 28 heavy (non-hydrogen) atoms. The van der Waals surface area contributed by atoms with Crippen LogP contribution in [0.25, 0.3) is 11.0 Å². The van der Waals surface area contributed by atoms with Gasteiger partial charge in [0.1, 0.15) is 11.3 Å². The number of aryl methyl sites for hydroxylation is 2. The molecule has 1 N–H and O–H groups in total. The number of carbonyl (C=O) groups is 1. The van der Waals surface area contributed by atoms with Crippen molar-refractivity contribution in [2.75, 3.05) is 0 Å². The van der Waals surface area contributed by atoms with Crippen molar-refractivity contribution >= 4 is 16.9 Å². The molecule has 0 bridgehead atoms. The predicted molar refractivity (Wildman–Crippen MR) is 105 cm³/mol. The summed E-state index contributed by atoms with van der Waals surface area (Å²) in [6.45, 7) is 4.01. The normalized spacial score (nSPS) is 13.9. The van der Waals surface area contributed by atoms with E-state index in [1.54, 1.807) is 19.3 Å². The van der Waals surface area contributed by atoms with Crippen LogP contribution in [0.1, 0.15) is 35.6 Å². The van der Waals surface area contributed by atoms with Crippen LogP contribution >= 0.6 is 0 Å². The van der Waals surface area contributed by atoms with Crippen LogP contribution in [0.15, 0.2) is 45.9 Å². The number of benzene rings is 1. The molecule has 1 aliphatic carbocycles. The lowest BCUT2D eigenvalue weighted by Gasteiger charge is -2.18. The first-order chi connectivity index (χ1) is 13.5. The maximum absolute atomic E-state index is 12.5. The number of nitrogens with zero attached hydrogens (tertiary/aromatic N) is 1. The molecule has 0 saturated carbocycles. The third-order valence-electron chi connectivity index (χ3n) is 5.04. The van der Waals surface area contributed by atoms with Gasteiger partial charge in [0.15, 0.2) is 6.10 Å². The number of amides is 1. The highest BCUT2D eigenvalue weighted by Crippen LogP contribution is 2.35. The molecule has 4 rings (SSSR count). The van der Waals surface area contributed by atoms with Gasteiger partial charge in [0.2, 0.25) is 0 Å². The molecule has 3 aromatic rings. The molecule has 1 unspecified atom stereocenters. The SMILES string of the molecule is Cc1cc(OC(C)C(=O)NCc2cccnc2)c2c3c(c(=O)oc2c1)CCC3. The van der Waals surface area contributed by atoms with Crippen molar-refractivity contribution in [1.82, 2.24) is 10.3 Å². The molecule has 6 nitrogen and oxygen atoms in total. The fraction of sp³-hybridized carbons (Fsp3) is 0.318. The molecule has 2 heterocycles. The standard InChI is InChI=1S/C22H22N2O4/c1-13-9-18(20-16-6-3-7-17(16)22(26)28-19(20)10-13)27-14(2)21(25)24-12-15-5-4-8-23-11-15/h4-5,8-11,14H,3,6-7,12H2,1-2H3,(H,24,25). The fourth-order valence-corrected chi connectivity index (χ4v) is 3.68. The molecule has 0 fully saturated rings. The minimum Gasteiger partial charge on any atom is -0.480 e. The Balaban J connectivity index is 1.59. The number of ether oxygens (including phenoxy) is 1. The van der Waals surface area contributed by atoms with Crippen LogP contribution in [0, 0.1) is 6.92 Å². The van der Waals surface area contributed by atoms with Crippen LogP contribution in [0.3, 0.4) is 0 Å². The molecule has 1 aliphatic rings. The van der Waals surface area contributed by atoms with Gasteiger partial charge in [-0.3, -0.25) is 9.78 Å². The summed E-state index contributed by atoms with van der Waals surface area (Å²) in [5, 5.41) is 3.68. The quantitative estimate of drug-likeness (QED) is 0.690. The lowest BCUT2D eigenvalue weighted by molar-refractivity contribution is -0.127. The summed E-state index contributed by atoms with van der Waals surface area (Å²) in [7, 11) is 0. The summed E-state index contributed by atoms with van der Waals surface area (Å²) in [6, 6.07) is 7.47. The van der Waals surface area contributed by atoms with E-state index in [1.165, 1.54) is 0 Å². The molecule has 1 amide bonds. The maximum atomic E-state index is 12.5. The Hall–Kier alpha value is -3.15. The molecular weight excluding hydrogens is 356 g/mol. The third-order valence-corrected chi connectivity index (χ3v) is 5.04. The molecule has 0 spiro atoms. The van der Waals surface area contributed by atoms with Gasteiger partial charge < -0.3 is 14.5 Å².